The molecule has 1 N–H and O–H groups in total. The molecule has 0 bridgehead atoms. The third-order valence-electron chi connectivity index (χ3n) is 2.99. The van der Waals surface area contributed by atoms with Gasteiger partial charge in [0.1, 0.15) is 0 Å². The zero-order chi connectivity index (χ0) is 17.0. The van der Waals surface area contributed by atoms with Crippen molar-refractivity contribution in [3.05, 3.63) is 34.2 Å². The fourth-order valence-corrected chi connectivity index (χ4v) is 2.37. The molecule has 23 heavy (non-hydrogen) atoms. The molecule has 0 saturated carbocycles. The van der Waals surface area contributed by atoms with Gasteiger partial charge in [-0.05, 0) is 28.4 Å². The average Bonchev–Trinajstić information content (AvgIpc) is 2.83. The standard InChI is InChI=1S/C14H16BrF3N4O/c1-3-11-9(7-22(2)21-11)5-19-12-4-10(15)6-20-13(12)23-8-14(16,17)18/h4,6-7,19H,3,5,8H2,1-2H3. The second-order valence-corrected chi connectivity index (χ2v) is 5.81. The van der Waals surface area contributed by atoms with E-state index in [1.165, 1.54) is 6.20 Å². The minimum atomic E-state index is -4.41. The summed E-state index contributed by atoms with van der Waals surface area (Å²) in [7, 11) is 1.82. The molecular formula is C14H16BrF3N4O. The van der Waals surface area contributed by atoms with Crippen LogP contribution < -0.4 is 10.1 Å². The largest absolute Gasteiger partial charge is 0.467 e. The first-order chi connectivity index (χ1) is 10.8. The molecule has 0 aromatic carbocycles. The summed E-state index contributed by atoms with van der Waals surface area (Å²) in [6, 6.07) is 1.63. The van der Waals surface area contributed by atoms with Crippen molar-refractivity contribution in [3.63, 3.8) is 0 Å². The van der Waals surface area contributed by atoms with Crippen LogP contribution in [0.1, 0.15) is 18.2 Å². The Balaban J connectivity index is 2.13. The van der Waals surface area contributed by atoms with Crippen LogP contribution in [0.25, 0.3) is 0 Å². The summed E-state index contributed by atoms with van der Waals surface area (Å²) in [4.78, 5) is 3.89. The van der Waals surface area contributed by atoms with Crippen LogP contribution in [-0.2, 0) is 20.0 Å². The highest BCUT2D eigenvalue weighted by Crippen LogP contribution is 2.28. The van der Waals surface area contributed by atoms with Crippen LogP contribution in [-0.4, -0.2) is 27.5 Å². The number of halogens is 4. The van der Waals surface area contributed by atoms with Gasteiger partial charge >= 0.3 is 6.18 Å². The van der Waals surface area contributed by atoms with Gasteiger partial charge in [0.2, 0.25) is 5.88 Å². The highest BCUT2D eigenvalue weighted by atomic mass is 79.9. The molecule has 0 aliphatic rings. The van der Waals surface area contributed by atoms with E-state index in [4.69, 9.17) is 4.74 Å². The van der Waals surface area contributed by atoms with E-state index in [2.05, 4.69) is 31.3 Å². The van der Waals surface area contributed by atoms with Gasteiger partial charge in [-0.15, -0.1) is 0 Å². The Kier molecular flexibility index (Phi) is 5.51. The van der Waals surface area contributed by atoms with Crippen LogP contribution in [0, 0.1) is 0 Å². The van der Waals surface area contributed by atoms with Crippen LogP contribution in [0.2, 0.25) is 0 Å². The van der Waals surface area contributed by atoms with Gasteiger partial charge in [0.15, 0.2) is 6.61 Å². The summed E-state index contributed by atoms with van der Waals surface area (Å²) in [6.45, 7) is 1.02. The molecule has 9 heteroatoms. The molecule has 5 nitrogen and oxygen atoms in total. The number of nitrogens with one attached hydrogen (secondary N) is 1. The van der Waals surface area contributed by atoms with Crippen molar-refractivity contribution in [2.75, 3.05) is 11.9 Å². The zero-order valence-electron chi connectivity index (χ0n) is 12.6. The van der Waals surface area contributed by atoms with Crippen LogP contribution >= 0.6 is 15.9 Å². The van der Waals surface area contributed by atoms with Crippen molar-refractivity contribution in [3.8, 4) is 5.88 Å². The Bertz CT molecular complexity index is 673. The van der Waals surface area contributed by atoms with Gasteiger partial charge in [-0.2, -0.15) is 18.3 Å². The number of pyridine rings is 1. The minimum Gasteiger partial charge on any atom is -0.467 e. The number of rotatable bonds is 6. The van der Waals surface area contributed by atoms with Crippen molar-refractivity contribution >= 4 is 21.6 Å². The van der Waals surface area contributed by atoms with E-state index >= 15 is 0 Å². The molecule has 0 radical (unpaired) electrons. The van der Waals surface area contributed by atoms with Gasteiger partial charge in [-0.25, -0.2) is 4.98 Å². The van der Waals surface area contributed by atoms with Crippen LogP contribution in [0.4, 0.5) is 18.9 Å². The lowest BCUT2D eigenvalue weighted by molar-refractivity contribution is -0.153. The molecule has 2 rings (SSSR count). The smallest absolute Gasteiger partial charge is 0.422 e. The van der Waals surface area contributed by atoms with E-state index in [-0.39, 0.29) is 5.88 Å². The molecule has 2 aromatic rings. The van der Waals surface area contributed by atoms with Crippen LogP contribution in [0.5, 0.6) is 5.88 Å². The summed E-state index contributed by atoms with van der Waals surface area (Å²) < 4.78 is 44.0. The molecular weight excluding hydrogens is 377 g/mol. The van der Waals surface area contributed by atoms with Gasteiger partial charge < -0.3 is 10.1 Å². The van der Waals surface area contributed by atoms with E-state index in [1.54, 1.807) is 10.7 Å². The van der Waals surface area contributed by atoms with Crippen LogP contribution in [0.15, 0.2) is 22.9 Å². The monoisotopic (exact) mass is 392 g/mol. The fraction of sp³-hybridized carbons (Fsp3) is 0.429. The number of hydrogen-bond acceptors (Lipinski definition) is 4. The highest BCUT2D eigenvalue weighted by molar-refractivity contribution is 9.10. The molecule has 2 heterocycles. The number of alkyl halides is 3. The Morgan fingerprint density at radius 1 is 1.39 bits per heavy atom. The summed E-state index contributed by atoms with van der Waals surface area (Å²) in [6.07, 6.45) is -0.386. The number of aryl methyl sites for hydroxylation is 2. The first kappa shape index (κ1) is 17.6. The van der Waals surface area contributed by atoms with Gasteiger partial charge in [0.05, 0.1) is 11.4 Å². The predicted octanol–water partition coefficient (Wildman–Crippen LogP) is 3.69. The Morgan fingerprint density at radius 3 is 2.78 bits per heavy atom. The third kappa shape index (κ3) is 5.12. The Morgan fingerprint density at radius 2 is 2.13 bits per heavy atom. The molecule has 0 unspecified atom stereocenters. The number of aromatic nitrogens is 3. The summed E-state index contributed by atoms with van der Waals surface area (Å²) in [5, 5.41) is 7.38. The molecule has 0 spiro atoms. The first-order valence-electron chi connectivity index (χ1n) is 6.89. The molecule has 0 atom stereocenters. The topological polar surface area (TPSA) is 52.0 Å². The van der Waals surface area contributed by atoms with Gasteiger partial charge in [-0.3, -0.25) is 4.68 Å². The summed E-state index contributed by atoms with van der Waals surface area (Å²) in [5.74, 6) is -0.0903. The number of anilines is 1. The predicted molar refractivity (Wildman–Crippen MR) is 83.4 cm³/mol. The van der Waals surface area contributed by atoms with Gasteiger partial charge in [0, 0.05) is 36.0 Å². The number of nitrogens with zero attached hydrogens (tertiary/aromatic N) is 3. The second kappa shape index (κ2) is 7.20. The van der Waals surface area contributed by atoms with Gasteiger partial charge in [-0.1, -0.05) is 6.92 Å². The highest BCUT2D eigenvalue weighted by Gasteiger charge is 2.29. The van der Waals surface area contributed by atoms with E-state index in [1.807, 2.05) is 20.2 Å². The van der Waals surface area contributed by atoms with Gasteiger partial charge in [0.25, 0.3) is 0 Å². The summed E-state index contributed by atoms with van der Waals surface area (Å²) >= 11 is 3.25. The Labute approximate surface area is 140 Å². The maximum Gasteiger partial charge on any atom is 0.422 e. The molecule has 0 amide bonds. The minimum absolute atomic E-state index is 0.0903. The fourth-order valence-electron chi connectivity index (χ4n) is 2.04. The van der Waals surface area contributed by atoms with Crippen molar-refractivity contribution < 1.29 is 17.9 Å². The lowest BCUT2D eigenvalue weighted by Crippen LogP contribution is -2.20. The van der Waals surface area contributed by atoms with E-state index < -0.39 is 12.8 Å². The molecule has 0 fully saturated rings. The van der Waals surface area contributed by atoms with E-state index in [0.717, 1.165) is 17.7 Å². The normalized spacial score (nSPS) is 11.6. The number of ether oxygens (including phenoxy) is 1. The van der Waals surface area contributed by atoms with Crippen molar-refractivity contribution in [1.82, 2.24) is 14.8 Å². The van der Waals surface area contributed by atoms with E-state index in [9.17, 15) is 13.2 Å². The molecule has 126 valence electrons. The molecule has 0 saturated heterocycles. The molecule has 0 aliphatic carbocycles. The lowest BCUT2D eigenvalue weighted by Gasteiger charge is -2.13. The maximum atomic E-state index is 12.3. The SMILES string of the molecule is CCc1nn(C)cc1CNc1cc(Br)cnc1OCC(F)(F)F. The van der Waals surface area contributed by atoms with Crippen LogP contribution in [0.3, 0.4) is 0 Å². The Hall–Kier alpha value is -1.77. The summed E-state index contributed by atoms with van der Waals surface area (Å²) in [5.41, 5.74) is 2.28. The number of hydrogen-bond donors (Lipinski definition) is 1. The average molecular weight is 393 g/mol. The molecule has 2 aromatic heterocycles. The zero-order valence-corrected chi connectivity index (χ0v) is 14.2. The van der Waals surface area contributed by atoms with Crippen molar-refractivity contribution in [2.45, 2.75) is 26.1 Å². The molecule has 0 aliphatic heterocycles. The second-order valence-electron chi connectivity index (χ2n) is 4.89. The first-order valence-corrected chi connectivity index (χ1v) is 7.68. The maximum absolute atomic E-state index is 12.3. The van der Waals surface area contributed by atoms with Crippen molar-refractivity contribution in [1.29, 1.82) is 0 Å². The quantitative estimate of drug-likeness (QED) is 0.814. The van der Waals surface area contributed by atoms with Crippen molar-refractivity contribution in [2.24, 2.45) is 7.05 Å². The van der Waals surface area contributed by atoms with E-state index in [0.29, 0.717) is 16.7 Å². The lowest BCUT2D eigenvalue weighted by atomic mass is 10.2. The third-order valence-corrected chi connectivity index (χ3v) is 3.42.